The molecule has 0 atom stereocenters. The van der Waals surface area contributed by atoms with Gasteiger partial charge in [0.2, 0.25) is 5.95 Å². The second kappa shape index (κ2) is 4.76. The number of anilines is 1. The predicted molar refractivity (Wildman–Crippen MR) is 59.2 cm³/mol. The lowest BCUT2D eigenvalue weighted by Gasteiger charge is -2.00. The maximum Gasteiger partial charge on any atom is 0.222 e. The molecule has 1 heterocycles. The van der Waals surface area contributed by atoms with Gasteiger partial charge in [-0.05, 0) is 12.8 Å². The van der Waals surface area contributed by atoms with Gasteiger partial charge < -0.3 is 11.1 Å². The highest BCUT2D eigenvalue weighted by atomic mass is 15.1. The van der Waals surface area contributed by atoms with Crippen LogP contribution in [0.1, 0.15) is 24.8 Å². The molecular formula is C11H14N4. The standard InChI is InChI=1S/C11H14N4/c12-6-2-1-3-9-7-13-11(14-8-9)15-10-4-5-10/h7-8,10H,2,4-6,12H2,(H,13,14,15). The van der Waals surface area contributed by atoms with E-state index in [4.69, 9.17) is 5.73 Å². The summed E-state index contributed by atoms with van der Waals surface area (Å²) >= 11 is 0. The Balaban J connectivity index is 1.94. The van der Waals surface area contributed by atoms with Gasteiger partial charge in [0.15, 0.2) is 0 Å². The minimum absolute atomic E-state index is 0.583. The summed E-state index contributed by atoms with van der Waals surface area (Å²) in [7, 11) is 0. The van der Waals surface area contributed by atoms with Gasteiger partial charge in [0.05, 0.1) is 5.56 Å². The molecule has 0 bridgehead atoms. The second-order valence-corrected chi connectivity index (χ2v) is 3.55. The van der Waals surface area contributed by atoms with Crippen molar-refractivity contribution in [1.82, 2.24) is 9.97 Å². The molecule has 1 aromatic heterocycles. The van der Waals surface area contributed by atoms with E-state index in [0.29, 0.717) is 25.0 Å². The largest absolute Gasteiger partial charge is 0.351 e. The van der Waals surface area contributed by atoms with E-state index >= 15 is 0 Å². The minimum Gasteiger partial charge on any atom is -0.351 e. The quantitative estimate of drug-likeness (QED) is 0.710. The molecule has 1 aromatic rings. The second-order valence-electron chi connectivity index (χ2n) is 3.55. The van der Waals surface area contributed by atoms with Crippen molar-refractivity contribution < 1.29 is 0 Å². The number of nitrogens with two attached hydrogens (primary N) is 1. The molecule has 4 nitrogen and oxygen atoms in total. The van der Waals surface area contributed by atoms with Crippen LogP contribution in [-0.2, 0) is 0 Å². The molecular weight excluding hydrogens is 188 g/mol. The first-order valence-corrected chi connectivity index (χ1v) is 5.16. The molecule has 3 N–H and O–H groups in total. The lowest BCUT2D eigenvalue weighted by molar-refractivity contribution is 1.03. The van der Waals surface area contributed by atoms with Crippen LogP contribution in [0.15, 0.2) is 12.4 Å². The van der Waals surface area contributed by atoms with Crippen LogP contribution in [0.3, 0.4) is 0 Å². The summed E-state index contributed by atoms with van der Waals surface area (Å²) in [4.78, 5) is 8.36. The fraction of sp³-hybridized carbons (Fsp3) is 0.455. The summed E-state index contributed by atoms with van der Waals surface area (Å²) in [6.07, 6.45) is 6.63. The maximum absolute atomic E-state index is 5.33. The summed E-state index contributed by atoms with van der Waals surface area (Å²) in [6, 6.07) is 0.583. The number of nitrogens with one attached hydrogen (secondary N) is 1. The molecule has 0 aliphatic heterocycles. The number of rotatable bonds is 3. The van der Waals surface area contributed by atoms with Crippen LogP contribution in [0.25, 0.3) is 0 Å². The summed E-state index contributed by atoms with van der Waals surface area (Å²) in [5.41, 5.74) is 6.17. The first kappa shape index (κ1) is 9.94. The third-order valence-electron chi connectivity index (χ3n) is 2.06. The van der Waals surface area contributed by atoms with E-state index in [1.54, 1.807) is 12.4 Å². The van der Waals surface area contributed by atoms with E-state index in [0.717, 1.165) is 5.56 Å². The Morgan fingerprint density at radius 1 is 1.40 bits per heavy atom. The Kier molecular flexibility index (Phi) is 3.15. The predicted octanol–water partition coefficient (Wildman–Crippen LogP) is 0.751. The zero-order valence-electron chi connectivity index (χ0n) is 8.53. The smallest absolute Gasteiger partial charge is 0.222 e. The van der Waals surface area contributed by atoms with Crippen molar-refractivity contribution in [3.05, 3.63) is 18.0 Å². The number of hydrogen-bond acceptors (Lipinski definition) is 4. The Morgan fingerprint density at radius 2 is 2.13 bits per heavy atom. The first-order valence-electron chi connectivity index (χ1n) is 5.16. The lowest BCUT2D eigenvalue weighted by atomic mass is 10.3. The Morgan fingerprint density at radius 3 is 2.73 bits per heavy atom. The van der Waals surface area contributed by atoms with Crippen molar-refractivity contribution in [1.29, 1.82) is 0 Å². The van der Waals surface area contributed by atoms with Gasteiger partial charge in [-0.15, -0.1) is 0 Å². The molecule has 78 valence electrons. The van der Waals surface area contributed by atoms with Gasteiger partial charge >= 0.3 is 0 Å². The van der Waals surface area contributed by atoms with Gasteiger partial charge in [-0.2, -0.15) is 0 Å². The van der Waals surface area contributed by atoms with Crippen molar-refractivity contribution >= 4 is 5.95 Å². The molecule has 1 saturated carbocycles. The number of nitrogens with zero attached hydrogens (tertiary/aromatic N) is 2. The third kappa shape index (κ3) is 3.22. The average molecular weight is 202 g/mol. The lowest BCUT2D eigenvalue weighted by Crippen LogP contribution is -2.04. The van der Waals surface area contributed by atoms with Gasteiger partial charge in [0, 0.05) is 31.4 Å². The minimum atomic E-state index is 0.583. The van der Waals surface area contributed by atoms with Crippen molar-refractivity contribution in [2.75, 3.05) is 11.9 Å². The highest BCUT2D eigenvalue weighted by Gasteiger charge is 2.21. The average Bonchev–Trinajstić information content (AvgIpc) is 3.05. The summed E-state index contributed by atoms with van der Waals surface area (Å²) in [6.45, 7) is 0.592. The normalized spacial score (nSPS) is 14.2. The van der Waals surface area contributed by atoms with Gasteiger partial charge in [-0.1, -0.05) is 11.8 Å². The van der Waals surface area contributed by atoms with Gasteiger partial charge in [0.1, 0.15) is 0 Å². The third-order valence-corrected chi connectivity index (χ3v) is 2.06. The zero-order valence-corrected chi connectivity index (χ0v) is 8.53. The molecule has 2 rings (SSSR count). The van der Waals surface area contributed by atoms with Crippen LogP contribution < -0.4 is 11.1 Å². The molecule has 1 aliphatic carbocycles. The highest BCUT2D eigenvalue weighted by Crippen LogP contribution is 2.22. The zero-order chi connectivity index (χ0) is 10.5. The molecule has 4 heteroatoms. The monoisotopic (exact) mass is 202 g/mol. The van der Waals surface area contributed by atoms with Crippen molar-refractivity contribution in [3.63, 3.8) is 0 Å². The van der Waals surface area contributed by atoms with Crippen LogP contribution in [0.5, 0.6) is 0 Å². The van der Waals surface area contributed by atoms with Crippen molar-refractivity contribution in [3.8, 4) is 11.8 Å². The fourth-order valence-electron chi connectivity index (χ4n) is 1.11. The van der Waals surface area contributed by atoms with Crippen LogP contribution >= 0.6 is 0 Å². The fourth-order valence-corrected chi connectivity index (χ4v) is 1.11. The molecule has 0 saturated heterocycles. The van der Waals surface area contributed by atoms with E-state index in [2.05, 4.69) is 27.1 Å². The summed E-state index contributed by atoms with van der Waals surface area (Å²) in [5.74, 6) is 6.60. The van der Waals surface area contributed by atoms with Crippen LogP contribution in [0, 0.1) is 11.8 Å². The molecule has 0 aromatic carbocycles. The topological polar surface area (TPSA) is 63.8 Å². The van der Waals surface area contributed by atoms with E-state index in [-0.39, 0.29) is 0 Å². The maximum atomic E-state index is 5.33. The molecule has 0 unspecified atom stereocenters. The van der Waals surface area contributed by atoms with Crippen LogP contribution in [0.4, 0.5) is 5.95 Å². The van der Waals surface area contributed by atoms with Gasteiger partial charge in [-0.3, -0.25) is 0 Å². The van der Waals surface area contributed by atoms with Crippen molar-refractivity contribution in [2.24, 2.45) is 5.73 Å². The molecule has 0 radical (unpaired) electrons. The van der Waals surface area contributed by atoms with Gasteiger partial charge in [-0.25, -0.2) is 9.97 Å². The summed E-state index contributed by atoms with van der Waals surface area (Å²) in [5, 5.41) is 3.22. The molecule has 0 spiro atoms. The number of aromatic nitrogens is 2. The van der Waals surface area contributed by atoms with E-state index in [9.17, 15) is 0 Å². The van der Waals surface area contributed by atoms with E-state index < -0.39 is 0 Å². The van der Waals surface area contributed by atoms with Gasteiger partial charge in [0.25, 0.3) is 0 Å². The Hall–Kier alpha value is -1.60. The molecule has 1 aliphatic rings. The van der Waals surface area contributed by atoms with Crippen molar-refractivity contribution in [2.45, 2.75) is 25.3 Å². The Labute approximate surface area is 89.3 Å². The molecule has 15 heavy (non-hydrogen) atoms. The van der Waals surface area contributed by atoms with Crippen LogP contribution in [0.2, 0.25) is 0 Å². The molecule has 0 amide bonds. The van der Waals surface area contributed by atoms with Crippen LogP contribution in [-0.4, -0.2) is 22.6 Å². The Bertz CT molecular complexity index is 370. The highest BCUT2D eigenvalue weighted by molar-refractivity contribution is 5.35. The van der Waals surface area contributed by atoms with E-state index in [1.165, 1.54) is 12.8 Å². The summed E-state index contributed by atoms with van der Waals surface area (Å²) < 4.78 is 0. The van der Waals surface area contributed by atoms with E-state index in [1.807, 2.05) is 0 Å². The SMILES string of the molecule is NCCC#Cc1cnc(NC2CC2)nc1. The molecule has 1 fully saturated rings. The first-order chi connectivity index (χ1) is 7.38. The number of hydrogen-bond donors (Lipinski definition) is 2.